The summed E-state index contributed by atoms with van der Waals surface area (Å²) in [5.41, 5.74) is 0.651. The van der Waals surface area contributed by atoms with Gasteiger partial charge < -0.3 is 15.7 Å². The Morgan fingerprint density at radius 1 is 1.33 bits per heavy atom. The lowest BCUT2D eigenvalue weighted by Crippen LogP contribution is -2.43. The van der Waals surface area contributed by atoms with Crippen molar-refractivity contribution in [2.75, 3.05) is 6.54 Å². The standard InChI is InChI=1S/C15H19N3O2S/c1-11-5-3-6-12(18-11)9-16-14(19)17-10-15(2,20)13-7-4-8-21-13/h3-8,20H,9-10H2,1-2H3,(H2,16,17,19). The molecule has 2 amide bonds. The third kappa shape index (κ3) is 4.54. The molecule has 1 atom stereocenters. The summed E-state index contributed by atoms with van der Waals surface area (Å²) in [6.45, 7) is 4.10. The molecule has 2 heterocycles. The second-order valence-electron chi connectivity index (χ2n) is 5.06. The van der Waals surface area contributed by atoms with E-state index >= 15 is 0 Å². The van der Waals surface area contributed by atoms with Crippen LogP contribution in [0.3, 0.4) is 0 Å². The number of thiophene rings is 1. The van der Waals surface area contributed by atoms with Gasteiger partial charge in [0, 0.05) is 10.6 Å². The van der Waals surface area contributed by atoms with E-state index in [4.69, 9.17) is 0 Å². The van der Waals surface area contributed by atoms with Crippen LogP contribution in [-0.2, 0) is 12.1 Å². The van der Waals surface area contributed by atoms with E-state index in [0.29, 0.717) is 6.54 Å². The highest BCUT2D eigenvalue weighted by molar-refractivity contribution is 7.10. The summed E-state index contributed by atoms with van der Waals surface area (Å²) in [7, 11) is 0. The van der Waals surface area contributed by atoms with Crippen LogP contribution in [0.15, 0.2) is 35.7 Å². The van der Waals surface area contributed by atoms with Gasteiger partial charge >= 0.3 is 6.03 Å². The molecule has 0 aliphatic carbocycles. The first-order chi connectivity index (χ1) is 9.97. The van der Waals surface area contributed by atoms with Crippen molar-refractivity contribution in [3.05, 3.63) is 52.0 Å². The number of aromatic nitrogens is 1. The SMILES string of the molecule is Cc1cccc(CNC(=O)NCC(C)(O)c2cccs2)n1. The summed E-state index contributed by atoms with van der Waals surface area (Å²) in [6.07, 6.45) is 0. The van der Waals surface area contributed by atoms with Gasteiger partial charge in [0.15, 0.2) is 0 Å². The van der Waals surface area contributed by atoms with E-state index in [-0.39, 0.29) is 12.6 Å². The number of rotatable bonds is 5. The molecule has 1 unspecified atom stereocenters. The number of hydrogen-bond donors (Lipinski definition) is 3. The molecule has 0 fully saturated rings. The van der Waals surface area contributed by atoms with Crippen molar-refractivity contribution < 1.29 is 9.90 Å². The van der Waals surface area contributed by atoms with E-state index in [0.717, 1.165) is 16.3 Å². The predicted molar refractivity (Wildman–Crippen MR) is 83.1 cm³/mol. The van der Waals surface area contributed by atoms with Crippen molar-refractivity contribution in [2.45, 2.75) is 26.0 Å². The van der Waals surface area contributed by atoms with Gasteiger partial charge in [-0.2, -0.15) is 0 Å². The molecule has 2 aromatic heterocycles. The average Bonchev–Trinajstić information content (AvgIpc) is 2.98. The number of aryl methyl sites for hydroxylation is 1. The summed E-state index contributed by atoms with van der Waals surface area (Å²) in [5, 5.41) is 17.6. The number of hydrogen-bond acceptors (Lipinski definition) is 4. The van der Waals surface area contributed by atoms with Crippen LogP contribution < -0.4 is 10.6 Å². The molecule has 0 aliphatic heterocycles. The molecule has 0 aliphatic rings. The molecule has 0 saturated carbocycles. The van der Waals surface area contributed by atoms with E-state index in [9.17, 15) is 9.90 Å². The molecule has 0 saturated heterocycles. The summed E-state index contributed by atoms with van der Waals surface area (Å²) in [4.78, 5) is 16.9. The highest BCUT2D eigenvalue weighted by Gasteiger charge is 2.24. The van der Waals surface area contributed by atoms with E-state index in [2.05, 4.69) is 15.6 Å². The van der Waals surface area contributed by atoms with Crippen LogP contribution in [0.1, 0.15) is 23.2 Å². The van der Waals surface area contributed by atoms with E-state index in [1.165, 1.54) is 11.3 Å². The Morgan fingerprint density at radius 2 is 2.14 bits per heavy atom. The van der Waals surface area contributed by atoms with Crippen LogP contribution in [0.2, 0.25) is 0 Å². The molecule has 0 spiro atoms. The third-order valence-corrected chi connectivity index (χ3v) is 4.14. The number of nitrogens with zero attached hydrogens (tertiary/aromatic N) is 1. The van der Waals surface area contributed by atoms with Crippen molar-refractivity contribution in [1.29, 1.82) is 0 Å². The van der Waals surface area contributed by atoms with Gasteiger partial charge in [0.2, 0.25) is 0 Å². The lowest BCUT2D eigenvalue weighted by atomic mass is 10.1. The van der Waals surface area contributed by atoms with E-state index < -0.39 is 5.60 Å². The molecule has 5 nitrogen and oxygen atoms in total. The number of carbonyl (C=O) groups excluding carboxylic acids is 1. The third-order valence-electron chi connectivity index (χ3n) is 3.02. The molecule has 21 heavy (non-hydrogen) atoms. The Balaban J connectivity index is 1.80. The fourth-order valence-corrected chi connectivity index (χ4v) is 2.64. The first-order valence-corrected chi connectivity index (χ1v) is 7.56. The minimum Gasteiger partial charge on any atom is -0.383 e. The number of aliphatic hydroxyl groups is 1. The van der Waals surface area contributed by atoms with Gasteiger partial charge in [-0.25, -0.2) is 4.79 Å². The average molecular weight is 305 g/mol. The van der Waals surface area contributed by atoms with Crippen LogP contribution in [0.5, 0.6) is 0 Å². The Bertz CT molecular complexity index is 597. The van der Waals surface area contributed by atoms with Crippen molar-refractivity contribution in [1.82, 2.24) is 15.6 Å². The Kier molecular flexibility index (Phi) is 4.93. The van der Waals surface area contributed by atoms with Crippen molar-refractivity contribution in [3.8, 4) is 0 Å². The Morgan fingerprint density at radius 3 is 2.81 bits per heavy atom. The zero-order valence-corrected chi connectivity index (χ0v) is 12.9. The highest BCUT2D eigenvalue weighted by Crippen LogP contribution is 2.24. The maximum absolute atomic E-state index is 11.8. The van der Waals surface area contributed by atoms with Crippen LogP contribution in [-0.4, -0.2) is 22.7 Å². The normalized spacial score (nSPS) is 13.5. The van der Waals surface area contributed by atoms with Gasteiger partial charge in [-0.3, -0.25) is 4.98 Å². The van der Waals surface area contributed by atoms with Crippen LogP contribution >= 0.6 is 11.3 Å². The minimum atomic E-state index is -1.06. The number of carbonyl (C=O) groups is 1. The van der Waals surface area contributed by atoms with Gasteiger partial charge in [-0.1, -0.05) is 12.1 Å². The molecule has 2 rings (SSSR count). The monoisotopic (exact) mass is 305 g/mol. The first kappa shape index (κ1) is 15.5. The Labute approximate surface area is 128 Å². The molecular formula is C15H19N3O2S. The quantitative estimate of drug-likeness (QED) is 0.792. The zero-order valence-electron chi connectivity index (χ0n) is 12.1. The molecule has 112 valence electrons. The van der Waals surface area contributed by atoms with Crippen molar-refractivity contribution >= 4 is 17.4 Å². The molecule has 0 bridgehead atoms. The number of urea groups is 1. The Hall–Kier alpha value is -1.92. The molecule has 2 aromatic rings. The maximum Gasteiger partial charge on any atom is 0.315 e. The number of nitrogens with one attached hydrogen (secondary N) is 2. The molecule has 0 radical (unpaired) electrons. The number of pyridine rings is 1. The fraction of sp³-hybridized carbons (Fsp3) is 0.333. The summed E-state index contributed by atoms with van der Waals surface area (Å²) in [5.74, 6) is 0. The topological polar surface area (TPSA) is 74.2 Å². The molecular weight excluding hydrogens is 286 g/mol. The second kappa shape index (κ2) is 6.69. The van der Waals surface area contributed by atoms with Gasteiger partial charge in [0.1, 0.15) is 5.60 Å². The van der Waals surface area contributed by atoms with E-state index in [1.54, 1.807) is 6.92 Å². The molecule has 6 heteroatoms. The van der Waals surface area contributed by atoms with Gasteiger partial charge in [-0.05, 0) is 37.4 Å². The molecule has 3 N–H and O–H groups in total. The van der Waals surface area contributed by atoms with Crippen LogP contribution in [0, 0.1) is 6.92 Å². The summed E-state index contributed by atoms with van der Waals surface area (Å²) < 4.78 is 0. The first-order valence-electron chi connectivity index (χ1n) is 6.68. The van der Waals surface area contributed by atoms with Gasteiger partial charge in [0.05, 0.1) is 18.8 Å². The van der Waals surface area contributed by atoms with Gasteiger partial charge in [0.25, 0.3) is 0 Å². The maximum atomic E-state index is 11.8. The fourth-order valence-electron chi connectivity index (χ4n) is 1.86. The second-order valence-corrected chi connectivity index (χ2v) is 6.01. The lowest BCUT2D eigenvalue weighted by molar-refractivity contribution is 0.0631. The summed E-state index contributed by atoms with van der Waals surface area (Å²) >= 11 is 1.46. The smallest absolute Gasteiger partial charge is 0.315 e. The lowest BCUT2D eigenvalue weighted by Gasteiger charge is -2.22. The number of amides is 2. The predicted octanol–water partition coefficient (Wildman–Crippen LogP) is 2.16. The van der Waals surface area contributed by atoms with Crippen LogP contribution in [0.25, 0.3) is 0 Å². The van der Waals surface area contributed by atoms with Gasteiger partial charge in [-0.15, -0.1) is 11.3 Å². The zero-order chi connectivity index (χ0) is 15.3. The van der Waals surface area contributed by atoms with Crippen molar-refractivity contribution in [3.63, 3.8) is 0 Å². The minimum absolute atomic E-state index is 0.153. The van der Waals surface area contributed by atoms with Crippen LogP contribution in [0.4, 0.5) is 4.79 Å². The van der Waals surface area contributed by atoms with E-state index in [1.807, 2.05) is 42.6 Å². The largest absolute Gasteiger partial charge is 0.383 e. The highest BCUT2D eigenvalue weighted by atomic mass is 32.1. The van der Waals surface area contributed by atoms with Crippen molar-refractivity contribution in [2.24, 2.45) is 0 Å². The summed E-state index contributed by atoms with van der Waals surface area (Å²) in [6, 6.07) is 9.06. The molecule has 0 aromatic carbocycles.